The van der Waals surface area contributed by atoms with Gasteiger partial charge in [0.1, 0.15) is 5.82 Å². The number of nitrogens with one attached hydrogen (secondary N) is 1. The molecule has 16 heavy (non-hydrogen) atoms. The maximum Gasteiger partial charge on any atom is 0.147 e. The van der Waals surface area contributed by atoms with Crippen LogP contribution in [0.25, 0.3) is 0 Å². The van der Waals surface area contributed by atoms with Crippen molar-refractivity contribution < 1.29 is 0 Å². The smallest absolute Gasteiger partial charge is 0.147 e. The molecule has 0 aromatic carbocycles. The van der Waals surface area contributed by atoms with Gasteiger partial charge in [0.25, 0.3) is 0 Å². The Bertz CT molecular complexity index is 338. The van der Waals surface area contributed by atoms with Gasteiger partial charge in [-0.15, -0.1) is 0 Å². The summed E-state index contributed by atoms with van der Waals surface area (Å²) in [6.07, 6.45) is 10.1. The highest BCUT2D eigenvalue weighted by atomic mass is 15.0. The van der Waals surface area contributed by atoms with Crippen molar-refractivity contribution in [3.8, 4) is 0 Å². The number of nitrogens with zero attached hydrogens (tertiary/aromatic N) is 2. The molecule has 2 unspecified atom stereocenters. The molecule has 1 aliphatic carbocycles. The van der Waals surface area contributed by atoms with E-state index in [1.54, 1.807) is 12.4 Å². The van der Waals surface area contributed by atoms with E-state index in [0.29, 0.717) is 6.04 Å². The first-order valence-corrected chi connectivity index (χ1v) is 6.35. The average Bonchev–Trinajstić information content (AvgIpc) is 2.33. The summed E-state index contributed by atoms with van der Waals surface area (Å²) in [5, 5.41) is 3.58. The zero-order valence-electron chi connectivity index (χ0n) is 10.2. The number of anilines is 1. The second kappa shape index (κ2) is 5.28. The van der Waals surface area contributed by atoms with E-state index in [0.717, 1.165) is 17.4 Å². The van der Waals surface area contributed by atoms with Crippen LogP contribution >= 0.6 is 0 Å². The first kappa shape index (κ1) is 11.4. The molecule has 1 N–H and O–H groups in total. The summed E-state index contributed by atoms with van der Waals surface area (Å²) >= 11 is 0. The van der Waals surface area contributed by atoms with Gasteiger partial charge in [0.2, 0.25) is 0 Å². The van der Waals surface area contributed by atoms with Crippen LogP contribution in [0.3, 0.4) is 0 Å². The minimum absolute atomic E-state index is 0.592. The molecular formula is C13H21N3. The van der Waals surface area contributed by atoms with Crippen LogP contribution < -0.4 is 5.32 Å². The second-order valence-corrected chi connectivity index (χ2v) is 4.69. The molecule has 1 saturated carbocycles. The van der Waals surface area contributed by atoms with E-state index < -0.39 is 0 Å². The first-order chi connectivity index (χ1) is 7.81. The van der Waals surface area contributed by atoms with Crippen molar-refractivity contribution >= 4 is 5.82 Å². The Kier molecular flexibility index (Phi) is 3.75. The van der Waals surface area contributed by atoms with Gasteiger partial charge in [0.05, 0.1) is 5.69 Å². The summed E-state index contributed by atoms with van der Waals surface area (Å²) in [5.74, 6) is 1.77. The number of hydrogen-bond acceptors (Lipinski definition) is 3. The summed E-state index contributed by atoms with van der Waals surface area (Å²) < 4.78 is 0. The molecule has 2 atom stereocenters. The van der Waals surface area contributed by atoms with E-state index in [9.17, 15) is 0 Å². The minimum atomic E-state index is 0.592. The average molecular weight is 219 g/mol. The molecule has 3 nitrogen and oxygen atoms in total. The molecule has 0 bridgehead atoms. The Balaban J connectivity index is 2.05. The third kappa shape index (κ3) is 2.52. The lowest BCUT2D eigenvalue weighted by atomic mass is 9.83. The van der Waals surface area contributed by atoms with Crippen LogP contribution in [0, 0.1) is 12.8 Å². The van der Waals surface area contributed by atoms with Crippen molar-refractivity contribution in [1.82, 2.24) is 9.97 Å². The van der Waals surface area contributed by atoms with Gasteiger partial charge >= 0.3 is 0 Å². The van der Waals surface area contributed by atoms with Gasteiger partial charge in [-0.1, -0.05) is 26.2 Å². The van der Waals surface area contributed by atoms with Crippen molar-refractivity contribution in [3.63, 3.8) is 0 Å². The van der Waals surface area contributed by atoms with Crippen LogP contribution in [-0.2, 0) is 0 Å². The molecule has 88 valence electrons. The molecule has 0 radical (unpaired) electrons. The normalized spacial score (nSPS) is 25.4. The molecule has 1 fully saturated rings. The minimum Gasteiger partial charge on any atom is -0.366 e. The number of hydrogen-bond donors (Lipinski definition) is 1. The SMILES string of the molecule is CCC1CCCCC1Nc1nccnc1C. The second-order valence-electron chi connectivity index (χ2n) is 4.69. The van der Waals surface area contributed by atoms with Gasteiger partial charge in [-0.3, -0.25) is 4.98 Å². The molecule has 3 heteroatoms. The molecule has 1 aliphatic rings. The molecule has 2 rings (SSSR count). The van der Waals surface area contributed by atoms with Crippen molar-refractivity contribution in [1.29, 1.82) is 0 Å². The Labute approximate surface area is 97.7 Å². The molecular weight excluding hydrogens is 198 g/mol. The van der Waals surface area contributed by atoms with Crippen molar-refractivity contribution in [2.45, 2.75) is 52.0 Å². The zero-order chi connectivity index (χ0) is 11.4. The van der Waals surface area contributed by atoms with Crippen LogP contribution in [0.2, 0.25) is 0 Å². The predicted octanol–water partition coefficient (Wildman–Crippen LogP) is 3.17. The van der Waals surface area contributed by atoms with Gasteiger partial charge in [-0.2, -0.15) is 0 Å². The van der Waals surface area contributed by atoms with E-state index in [1.807, 2.05) is 6.92 Å². The van der Waals surface area contributed by atoms with Crippen LogP contribution in [-0.4, -0.2) is 16.0 Å². The Morgan fingerprint density at radius 1 is 1.25 bits per heavy atom. The van der Waals surface area contributed by atoms with Gasteiger partial charge in [-0.05, 0) is 25.7 Å². The summed E-state index contributed by atoms with van der Waals surface area (Å²) in [5.41, 5.74) is 1.00. The van der Waals surface area contributed by atoms with E-state index in [4.69, 9.17) is 0 Å². The summed E-state index contributed by atoms with van der Waals surface area (Å²) in [6, 6.07) is 0.592. The van der Waals surface area contributed by atoms with E-state index >= 15 is 0 Å². The Morgan fingerprint density at radius 3 is 2.75 bits per heavy atom. The fourth-order valence-electron chi connectivity index (χ4n) is 2.61. The highest BCUT2D eigenvalue weighted by Crippen LogP contribution is 2.29. The maximum atomic E-state index is 4.37. The topological polar surface area (TPSA) is 37.8 Å². The lowest BCUT2D eigenvalue weighted by molar-refractivity contribution is 0.316. The van der Waals surface area contributed by atoms with Gasteiger partial charge in [0, 0.05) is 18.4 Å². The highest BCUT2D eigenvalue weighted by Gasteiger charge is 2.24. The standard InChI is InChI=1S/C13H21N3/c1-3-11-6-4-5-7-12(11)16-13-10(2)14-8-9-15-13/h8-9,11-12H,3-7H2,1-2H3,(H,15,16). The van der Waals surface area contributed by atoms with E-state index in [1.165, 1.54) is 32.1 Å². The third-order valence-electron chi connectivity index (χ3n) is 3.64. The third-order valence-corrected chi connectivity index (χ3v) is 3.64. The van der Waals surface area contributed by atoms with Gasteiger partial charge in [0.15, 0.2) is 0 Å². The van der Waals surface area contributed by atoms with Crippen LogP contribution in [0.4, 0.5) is 5.82 Å². The van der Waals surface area contributed by atoms with Crippen molar-refractivity contribution in [2.75, 3.05) is 5.32 Å². The predicted molar refractivity (Wildman–Crippen MR) is 66.4 cm³/mol. The summed E-state index contributed by atoms with van der Waals surface area (Å²) in [6.45, 7) is 4.30. The maximum absolute atomic E-state index is 4.37. The van der Waals surface area contributed by atoms with Crippen LogP contribution in [0.5, 0.6) is 0 Å². The largest absolute Gasteiger partial charge is 0.366 e. The molecule has 1 aromatic rings. The first-order valence-electron chi connectivity index (χ1n) is 6.35. The van der Waals surface area contributed by atoms with Crippen LogP contribution in [0.15, 0.2) is 12.4 Å². The summed E-state index contributed by atoms with van der Waals surface area (Å²) in [7, 11) is 0. The Morgan fingerprint density at radius 2 is 2.00 bits per heavy atom. The monoisotopic (exact) mass is 219 g/mol. The highest BCUT2D eigenvalue weighted by molar-refractivity contribution is 5.39. The molecule has 0 saturated heterocycles. The zero-order valence-corrected chi connectivity index (χ0v) is 10.2. The van der Waals surface area contributed by atoms with Gasteiger partial charge in [-0.25, -0.2) is 4.98 Å². The number of aryl methyl sites for hydroxylation is 1. The van der Waals surface area contributed by atoms with E-state index in [-0.39, 0.29) is 0 Å². The number of aromatic nitrogens is 2. The molecule has 1 heterocycles. The Hall–Kier alpha value is -1.12. The molecule has 0 spiro atoms. The van der Waals surface area contributed by atoms with Gasteiger partial charge < -0.3 is 5.32 Å². The summed E-state index contributed by atoms with van der Waals surface area (Å²) in [4.78, 5) is 8.64. The molecule has 0 amide bonds. The van der Waals surface area contributed by atoms with Crippen molar-refractivity contribution in [2.24, 2.45) is 5.92 Å². The van der Waals surface area contributed by atoms with Crippen LogP contribution in [0.1, 0.15) is 44.7 Å². The fourth-order valence-corrected chi connectivity index (χ4v) is 2.61. The van der Waals surface area contributed by atoms with E-state index in [2.05, 4.69) is 22.2 Å². The molecule has 0 aliphatic heterocycles. The molecule has 1 aromatic heterocycles. The quantitative estimate of drug-likeness (QED) is 0.848. The number of rotatable bonds is 3. The lowest BCUT2D eigenvalue weighted by Gasteiger charge is -2.32. The fraction of sp³-hybridized carbons (Fsp3) is 0.692. The lowest BCUT2D eigenvalue weighted by Crippen LogP contribution is -2.32. The van der Waals surface area contributed by atoms with Crippen molar-refractivity contribution in [3.05, 3.63) is 18.1 Å².